The number of unbranched alkanes of at least 4 members (excludes halogenated alkanes) is 1. The van der Waals surface area contributed by atoms with E-state index in [1.165, 1.54) is 0 Å². The van der Waals surface area contributed by atoms with E-state index in [-0.39, 0.29) is 5.91 Å². The first-order chi connectivity index (χ1) is 8.69. The molecular formula is C14H20BrNO2. The molecule has 0 fully saturated rings. The van der Waals surface area contributed by atoms with Crippen LogP contribution in [-0.4, -0.2) is 36.3 Å². The molecule has 1 rings (SSSR count). The summed E-state index contributed by atoms with van der Waals surface area (Å²) in [7, 11) is 1.84. The molecular weight excluding hydrogens is 294 g/mol. The maximum absolute atomic E-state index is 12.1. The van der Waals surface area contributed by atoms with Gasteiger partial charge in [0.2, 0.25) is 0 Å². The second-order valence-corrected chi connectivity index (χ2v) is 4.94. The summed E-state index contributed by atoms with van der Waals surface area (Å²) in [6.07, 6.45) is 2.12. The third kappa shape index (κ3) is 4.69. The summed E-state index contributed by atoms with van der Waals surface area (Å²) in [5, 5.41) is 0.779. The lowest BCUT2D eigenvalue weighted by Crippen LogP contribution is -2.27. The Bertz CT molecular complexity index is 382. The fourth-order valence-corrected chi connectivity index (χ4v) is 1.75. The van der Waals surface area contributed by atoms with Gasteiger partial charge in [-0.05, 0) is 24.6 Å². The molecule has 100 valence electrons. The Morgan fingerprint density at radius 3 is 2.89 bits per heavy atom. The van der Waals surface area contributed by atoms with Crippen molar-refractivity contribution >= 4 is 21.8 Å². The molecule has 0 aliphatic rings. The Labute approximate surface area is 117 Å². The molecule has 3 nitrogen and oxygen atoms in total. The zero-order chi connectivity index (χ0) is 13.4. The monoisotopic (exact) mass is 313 g/mol. The van der Waals surface area contributed by atoms with Crippen molar-refractivity contribution in [1.29, 1.82) is 0 Å². The van der Waals surface area contributed by atoms with Gasteiger partial charge >= 0.3 is 0 Å². The van der Waals surface area contributed by atoms with Crippen LogP contribution < -0.4 is 4.74 Å². The first-order valence-electron chi connectivity index (χ1n) is 6.23. The summed E-state index contributed by atoms with van der Waals surface area (Å²) in [4.78, 5) is 13.9. The van der Waals surface area contributed by atoms with E-state index in [2.05, 4.69) is 22.9 Å². The highest BCUT2D eigenvalue weighted by atomic mass is 79.9. The molecule has 4 heteroatoms. The molecule has 1 aromatic rings. The molecule has 0 unspecified atom stereocenters. The number of hydrogen-bond donors (Lipinski definition) is 0. The molecule has 0 saturated carbocycles. The van der Waals surface area contributed by atoms with Gasteiger partial charge in [-0.2, -0.15) is 0 Å². The zero-order valence-corrected chi connectivity index (χ0v) is 12.6. The van der Waals surface area contributed by atoms with Gasteiger partial charge in [-0.25, -0.2) is 0 Å². The van der Waals surface area contributed by atoms with Gasteiger partial charge < -0.3 is 9.64 Å². The molecule has 18 heavy (non-hydrogen) atoms. The van der Waals surface area contributed by atoms with Gasteiger partial charge in [-0.1, -0.05) is 35.3 Å². The average Bonchev–Trinajstić information content (AvgIpc) is 2.42. The quantitative estimate of drug-likeness (QED) is 0.723. The van der Waals surface area contributed by atoms with E-state index in [9.17, 15) is 4.79 Å². The molecule has 1 amide bonds. The van der Waals surface area contributed by atoms with Crippen LogP contribution in [0.4, 0.5) is 0 Å². The number of carbonyl (C=O) groups is 1. The van der Waals surface area contributed by atoms with Crippen LogP contribution in [-0.2, 0) is 0 Å². The molecule has 0 heterocycles. The maximum atomic E-state index is 12.1. The lowest BCUT2D eigenvalue weighted by atomic mass is 10.2. The Balaban J connectivity index is 2.67. The molecule has 0 aromatic heterocycles. The standard InChI is InChI=1S/C14H20BrNO2/c1-3-4-9-16(2)14(17)12-6-5-7-13(11-12)18-10-8-15/h5-7,11H,3-4,8-10H2,1-2H3. The van der Waals surface area contributed by atoms with Crippen molar-refractivity contribution in [1.82, 2.24) is 4.90 Å². The van der Waals surface area contributed by atoms with Gasteiger partial charge in [-0.3, -0.25) is 4.79 Å². The van der Waals surface area contributed by atoms with E-state index in [0.717, 1.165) is 30.5 Å². The number of ether oxygens (including phenoxy) is 1. The van der Waals surface area contributed by atoms with Gasteiger partial charge in [0, 0.05) is 24.5 Å². The Kier molecular flexibility index (Phi) is 6.80. The van der Waals surface area contributed by atoms with Gasteiger partial charge in [0.15, 0.2) is 0 Å². The van der Waals surface area contributed by atoms with Crippen molar-refractivity contribution in [2.45, 2.75) is 19.8 Å². The Hall–Kier alpha value is -1.03. The second kappa shape index (κ2) is 8.14. The predicted octanol–water partition coefficient (Wildman–Crippen LogP) is 3.33. The fourth-order valence-electron chi connectivity index (χ4n) is 1.59. The van der Waals surface area contributed by atoms with Gasteiger partial charge in [0.1, 0.15) is 5.75 Å². The van der Waals surface area contributed by atoms with E-state index in [1.54, 1.807) is 11.0 Å². The number of hydrogen-bond acceptors (Lipinski definition) is 2. The van der Waals surface area contributed by atoms with Gasteiger partial charge in [0.25, 0.3) is 5.91 Å². The van der Waals surface area contributed by atoms with Crippen molar-refractivity contribution < 1.29 is 9.53 Å². The van der Waals surface area contributed by atoms with Crippen molar-refractivity contribution in [3.8, 4) is 5.75 Å². The first kappa shape index (κ1) is 15.0. The Morgan fingerprint density at radius 1 is 1.44 bits per heavy atom. The lowest BCUT2D eigenvalue weighted by Gasteiger charge is -2.17. The molecule has 0 bridgehead atoms. The summed E-state index contributed by atoms with van der Waals surface area (Å²) in [5.74, 6) is 0.789. The minimum atomic E-state index is 0.0488. The van der Waals surface area contributed by atoms with E-state index in [0.29, 0.717) is 12.2 Å². The number of halogens is 1. The largest absolute Gasteiger partial charge is 0.493 e. The number of rotatable bonds is 7. The molecule has 0 spiro atoms. The van der Waals surface area contributed by atoms with Gasteiger partial charge in [0.05, 0.1) is 6.61 Å². The molecule has 0 saturated heterocycles. The summed E-state index contributed by atoms with van der Waals surface area (Å²) >= 11 is 3.31. The second-order valence-electron chi connectivity index (χ2n) is 4.15. The highest BCUT2D eigenvalue weighted by Gasteiger charge is 2.11. The third-order valence-electron chi connectivity index (χ3n) is 2.62. The molecule has 0 aliphatic heterocycles. The van der Waals surface area contributed by atoms with Crippen molar-refractivity contribution in [3.05, 3.63) is 29.8 Å². The topological polar surface area (TPSA) is 29.5 Å². The van der Waals surface area contributed by atoms with Gasteiger partial charge in [-0.15, -0.1) is 0 Å². The minimum Gasteiger partial charge on any atom is -0.493 e. The lowest BCUT2D eigenvalue weighted by molar-refractivity contribution is 0.0793. The van der Waals surface area contributed by atoms with Crippen LogP contribution in [0.3, 0.4) is 0 Å². The normalized spacial score (nSPS) is 10.2. The highest BCUT2D eigenvalue weighted by Crippen LogP contribution is 2.15. The number of nitrogens with zero attached hydrogens (tertiary/aromatic N) is 1. The van der Waals surface area contributed by atoms with Crippen LogP contribution in [0.5, 0.6) is 5.75 Å². The molecule has 1 aromatic carbocycles. The van der Waals surface area contributed by atoms with Crippen LogP contribution in [0, 0.1) is 0 Å². The van der Waals surface area contributed by atoms with Crippen LogP contribution >= 0.6 is 15.9 Å². The SMILES string of the molecule is CCCCN(C)C(=O)c1cccc(OCCBr)c1. The highest BCUT2D eigenvalue weighted by molar-refractivity contribution is 9.09. The summed E-state index contributed by atoms with van der Waals surface area (Å²) in [5.41, 5.74) is 0.681. The summed E-state index contributed by atoms with van der Waals surface area (Å²) in [6, 6.07) is 7.34. The molecule has 0 atom stereocenters. The summed E-state index contributed by atoms with van der Waals surface area (Å²) < 4.78 is 5.49. The smallest absolute Gasteiger partial charge is 0.253 e. The van der Waals surface area contributed by atoms with E-state index in [4.69, 9.17) is 4.74 Å². The van der Waals surface area contributed by atoms with Crippen LogP contribution in [0.1, 0.15) is 30.1 Å². The van der Waals surface area contributed by atoms with Crippen LogP contribution in [0.2, 0.25) is 0 Å². The number of carbonyl (C=O) groups excluding carboxylic acids is 1. The van der Waals surface area contributed by atoms with E-state index < -0.39 is 0 Å². The van der Waals surface area contributed by atoms with Crippen molar-refractivity contribution in [2.24, 2.45) is 0 Å². The van der Waals surface area contributed by atoms with Crippen molar-refractivity contribution in [3.63, 3.8) is 0 Å². The first-order valence-corrected chi connectivity index (χ1v) is 7.35. The predicted molar refractivity (Wildman–Crippen MR) is 77.6 cm³/mol. The number of alkyl halides is 1. The summed E-state index contributed by atoms with van der Waals surface area (Å²) in [6.45, 7) is 3.51. The number of amides is 1. The van der Waals surface area contributed by atoms with Crippen LogP contribution in [0.15, 0.2) is 24.3 Å². The Morgan fingerprint density at radius 2 is 2.22 bits per heavy atom. The third-order valence-corrected chi connectivity index (χ3v) is 2.94. The molecule has 0 radical (unpaired) electrons. The molecule has 0 N–H and O–H groups in total. The zero-order valence-electron chi connectivity index (χ0n) is 11.0. The average molecular weight is 314 g/mol. The maximum Gasteiger partial charge on any atom is 0.253 e. The number of benzene rings is 1. The van der Waals surface area contributed by atoms with E-state index in [1.807, 2.05) is 25.2 Å². The fraction of sp³-hybridized carbons (Fsp3) is 0.500. The van der Waals surface area contributed by atoms with Crippen molar-refractivity contribution in [2.75, 3.05) is 25.5 Å². The minimum absolute atomic E-state index is 0.0488. The van der Waals surface area contributed by atoms with Crippen LogP contribution in [0.25, 0.3) is 0 Å². The molecule has 0 aliphatic carbocycles. The van der Waals surface area contributed by atoms with E-state index >= 15 is 0 Å².